The summed E-state index contributed by atoms with van der Waals surface area (Å²) in [4.78, 5) is 22.1. The number of amides is 1. The average Bonchev–Trinajstić information content (AvgIpc) is 2.81. The zero-order chi connectivity index (χ0) is 13.4. The Kier molecular flexibility index (Phi) is 5.97. The van der Waals surface area contributed by atoms with Gasteiger partial charge < -0.3 is 15.0 Å². The number of hydrogen-bond acceptors (Lipinski definition) is 2. The van der Waals surface area contributed by atoms with Crippen LogP contribution in [0.3, 0.4) is 0 Å². The van der Waals surface area contributed by atoms with Crippen LogP contribution in [0.15, 0.2) is 18.3 Å². The van der Waals surface area contributed by atoms with Crippen LogP contribution in [-0.2, 0) is 11.3 Å². The van der Waals surface area contributed by atoms with Crippen LogP contribution in [-0.4, -0.2) is 28.1 Å². The van der Waals surface area contributed by atoms with Gasteiger partial charge >= 0.3 is 5.97 Å². The maximum absolute atomic E-state index is 11.8. The SMILES string of the molecule is CCn1cccc1C(=O)NCCCCCC(=O)O. The summed E-state index contributed by atoms with van der Waals surface area (Å²) in [6, 6.07) is 3.65. The van der Waals surface area contributed by atoms with E-state index < -0.39 is 5.97 Å². The standard InChI is InChI=1S/C13H20N2O3/c1-2-15-10-6-7-11(15)13(18)14-9-5-3-4-8-12(16)17/h6-7,10H,2-5,8-9H2,1H3,(H,14,18)(H,16,17). The van der Waals surface area contributed by atoms with Crippen LogP contribution >= 0.6 is 0 Å². The minimum Gasteiger partial charge on any atom is -0.481 e. The van der Waals surface area contributed by atoms with Gasteiger partial charge in [0.15, 0.2) is 0 Å². The summed E-state index contributed by atoms with van der Waals surface area (Å²) in [5.41, 5.74) is 0.669. The number of carboxylic acid groups (broad SMARTS) is 1. The first-order valence-electron chi connectivity index (χ1n) is 6.30. The van der Waals surface area contributed by atoms with E-state index in [0.717, 1.165) is 19.4 Å². The summed E-state index contributed by atoms with van der Waals surface area (Å²) in [6.45, 7) is 3.35. The molecule has 1 heterocycles. The number of carbonyl (C=O) groups excluding carboxylic acids is 1. The van der Waals surface area contributed by atoms with E-state index in [4.69, 9.17) is 5.11 Å². The van der Waals surface area contributed by atoms with Gasteiger partial charge in [-0.05, 0) is 31.9 Å². The smallest absolute Gasteiger partial charge is 0.303 e. The van der Waals surface area contributed by atoms with E-state index in [1.54, 1.807) is 6.07 Å². The summed E-state index contributed by atoms with van der Waals surface area (Å²) < 4.78 is 1.89. The van der Waals surface area contributed by atoms with Gasteiger partial charge in [-0.3, -0.25) is 9.59 Å². The molecule has 0 atom stereocenters. The summed E-state index contributed by atoms with van der Waals surface area (Å²) in [7, 11) is 0. The number of hydrogen-bond donors (Lipinski definition) is 2. The van der Waals surface area contributed by atoms with E-state index in [0.29, 0.717) is 18.7 Å². The molecule has 18 heavy (non-hydrogen) atoms. The predicted octanol–water partition coefficient (Wildman–Crippen LogP) is 1.88. The number of rotatable bonds is 8. The second-order valence-corrected chi connectivity index (χ2v) is 4.14. The van der Waals surface area contributed by atoms with E-state index in [9.17, 15) is 9.59 Å². The van der Waals surface area contributed by atoms with Crippen LogP contribution in [0.25, 0.3) is 0 Å². The monoisotopic (exact) mass is 252 g/mol. The molecule has 100 valence electrons. The summed E-state index contributed by atoms with van der Waals surface area (Å²) in [5, 5.41) is 11.3. The van der Waals surface area contributed by atoms with Crippen molar-refractivity contribution in [3.63, 3.8) is 0 Å². The van der Waals surface area contributed by atoms with Gasteiger partial charge in [0.25, 0.3) is 5.91 Å². The van der Waals surface area contributed by atoms with Crippen molar-refractivity contribution in [1.29, 1.82) is 0 Å². The molecular formula is C13H20N2O3. The normalized spacial score (nSPS) is 10.3. The number of aliphatic carboxylic acids is 1. The van der Waals surface area contributed by atoms with Crippen molar-refractivity contribution in [3.05, 3.63) is 24.0 Å². The van der Waals surface area contributed by atoms with Crippen LogP contribution in [0, 0.1) is 0 Å². The second-order valence-electron chi connectivity index (χ2n) is 4.14. The van der Waals surface area contributed by atoms with Crippen molar-refractivity contribution < 1.29 is 14.7 Å². The Balaban J connectivity index is 2.20. The molecule has 0 saturated carbocycles. The van der Waals surface area contributed by atoms with Gasteiger partial charge in [-0.1, -0.05) is 6.42 Å². The highest BCUT2D eigenvalue weighted by Crippen LogP contribution is 2.03. The Hall–Kier alpha value is -1.78. The molecule has 0 bridgehead atoms. The molecule has 0 spiro atoms. The minimum absolute atomic E-state index is 0.0694. The first kappa shape index (κ1) is 14.3. The lowest BCUT2D eigenvalue weighted by Gasteiger charge is -2.07. The fourth-order valence-corrected chi connectivity index (χ4v) is 1.77. The topological polar surface area (TPSA) is 71.3 Å². The van der Waals surface area contributed by atoms with Gasteiger partial charge in [-0.2, -0.15) is 0 Å². The number of carboxylic acids is 1. The summed E-state index contributed by atoms with van der Waals surface area (Å²) >= 11 is 0. The number of nitrogens with one attached hydrogen (secondary N) is 1. The first-order valence-corrected chi connectivity index (χ1v) is 6.30. The average molecular weight is 252 g/mol. The van der Waals surface area contributed by atoms with E-state index in [-0.39, 0.29) is 12.3 Å². The highest BCUT2D eigenvalue weighted by molar-refractivity contribution is 5.92. The Morgan fingerprint density at radius 1 is 1.33 bits per heavy atom. The molecule has 1 aromatic heterocycles. The number of carbonyl (C=O) groups is 2. The first-order chi connectivity index (χ1) is 8.65. The van der Waals surface area contributed by atoms with Crippen molar-refractivity contribution >= 4 is 11.9 Å². The van der Waals surface area contributed by atoms with Crippen LogP contribution < -0.4 is 5.32 Å². The van der Waals surface area contributed by atoms with Gasteiger partial charge in [0, 0.05) is 25.7 Å². The Morgan fingerprint density at radius 2 is 2.11 bits per heavy atom. The molecule has 0 radical (unpaired) electrons. The molecule has 2 N–H and O–H groups in total. The van der Waals surface area contributed by atoms with Crippen LogP contribution in [0.5, 0.6) is 0 Å². The van der Waals surface area contributed by atoms with E-state index in [1.165, 1.54) is 0 Å². The molecule has 5 nitrogen and oxygen atoms in total. The minimum atomic E-state index is -0.764. The van der Waals surface area contributed by atoms with Crippen LogP contribution in [0.2, 0.25) is 0 Å². The molecule has 0 saturated heterocycles. The third-order valence-corrected chi connectivity index (χ3v) is 2.76. The van der Waals surface area contributed by atoms with Crippen molar-refractivity contribution in [2.45, 2.75) is 39.2 Å². The molecule has 1 amide bonds. The van der Waals surface area contributed by atoms with Crippen molar-refractivity contribution in [2.75, 3.05) is 6.54 Å². The molecule has 0 aliphatic heterocycles. The van der Waals surface area contributed by atoms with E-state index in [2.05, 4.69) is 5.32 Å². The lowest BCUT2D eigenvalue weighted by Crippen LogP contribution is -2.26. The number of aryl methyl sites for hydroxylation is 1. The van der Waals surface area contributed by atoms with E-state index in [1.807, 2.05) is 23.8 Å². The third-order valence-electron chi connectivity index (χ3n) is 2.76. The fourth-order valence-electron chi connectivity index (χ4n) is 1.77. The maximum atomic E-state index is 11.8. The van der Waals surface area contributed by atoms with Crippen LogP contribution in [0.4, 0.5) is 0 Å². The molecule has 0 aliphatic rings. The van der Waals surface area contributed by atoms with E-state index >= 15 is 0 Å². The molecule has 0 fully saturated rings. The summed E-state index contributed by atoms with van der Waals surface area (Å²) in [5.74, 6) is -0.833. The number of aromatic nitrogens is 1. The van der Waals surface area contributed by atoms with Gasteiger partial charge in [-0.25, -0.2) is 0 Å². The van der Waals surface area contributed by atoms with Gasteiger partial charge in [-0.15, -0.1) is 0 Å². The Labute approximate surface area is 107 Å². The lowest BCUT2D eigenvalue weighted by molar-refractivity contribution is -0.137. The fraction of sp³-hybridized carbons (Fsp3) is 0.538. The molecule has 1 aromatic rings. The lowest BCUT2D eigenvalue weighted by atomic mass is 10.2. The highest BCUT2D eigenvalue weighted by atomic mass is 16.4. The van der Waals surface area contributed by atoms with Gasteiger partial charge in [0.05, 0.1) is 0 Å². The third kappa shape index (κ3) is 4.61. The zero-order valence-corrected chi connectivity index (χ0v) is 10.7. The molecule has 0 aromatic carbocycles. The molecule has 5 heteroatoms. The predicted molar refractivity (Wildman–Crippen MR) is 68.5 cm³/mol. The van der Waals surface area contributed by atoms with Crippen LogP contribution in [0.1, 0.15) is 43.1 Å². The van der Waals surface area contributed by atoms with Crippen molar-refractivity contribution in [2.24, 2.45) is 0 Å². The van der Waals surface area contributed by atoms with Gasteiger partial charge in [0.2, 0.25) is 0 Å². The molecule has 0 unspecified atom stereocenters. The van der Waals surface area contributed by atoms with Crippen molar-refractivity contribution in [3.8, 4) is 0 Å². The summed E-state index contributed by atoms with van der Waals surface area (Å²) in [6.07, 6.45) is 4.37. The number of nitrogens with zero attached hydrogens (tertiary/aromatic N) is 1. The Bertz CT molecular complexity index is 399. The number of unbranched alkanes of at least 4 members (excludes halogenated alkanes) is 2. The highest BCUT2D eigenvalue weighted by Gasteiger charge is 2.08. The van der Waals surface area contributed by atoms with Gasteiger partial charge in [0.1, 0.15) is 5.69 Å². The quantitative estimate of drug-likeness (QED) is 0.694. The zero-order valence-electron chi connectivity index (χ0n) is 10.7. The second kappa shape index (κ2) is 7.53. The molecule has 0 aliphatic carbocycles. The Morgan fingerprint density at radius 3 is 2.78 bits per heavy atom. The largest absolute Gasteiger partial charge is 0.481 e. The molecular weight excluding hydrogens is 232 g/mol. The molecule has 1 rings (SSSR count). The van der Waals surface area contributed by atoms with Crippen molar-refractivity contribution in [1.82, 2.24) is 9.88 Å². The maximum Gasteiger partial charge on any atom is 0.303 e.